The van der Waals surface area contributed by atoms with Gasteiger partial charge in [-0.1, -0.05) is 48.9 Å². The minimum atomic E-state index is 0.202. The maximum Gasteiger partial charge on any atom is 0.119 e. The van der Waals surface area contributed by atoms with Crippen LogP contribution in [0.4, 0.5) is 0 Å². The predicted octanol–water partition coefficient (Wildman–Crippen LogP) is 4.60. The molecule has 1 atom stereocenters. The zero-order valence-corrected chi connectivity index (χ0v) is 14.3. The Balaban J connectivity index is 1.90. The third kappa shape index (κ3) is 3.51. The fourth-order valence-electron chi connectivity index (χ4n) is 2.99. The van der Waals surface area contributed by atoms with Gasteiger partial charge in [-0.05, 0) is 36.6 Å². The summed E-state index contributed by atoms with van der Waals surface area (Å²) in [5, 5.41) is 0. The molecular weight excluding hydrogens is 296 g/mol. The molecule has 123 valence electrons. The third-order valence-corrected chi connectivity index (χ3v) is 4.36. The van der Waals surface area contributed by atoms with E-state index in [1.54, 1.807) is 7.11 Å². The number of ether oxygens (including phenoxy) is 1. The number of aryl methyl sites for hydroxylation is 1. The lowest BCUT2D eigenvalue weighted by Crippen LogP contribution is -2.09. The Morgan fingerprint density at radius 1 is 1.17 bits per heavy atom. The molecule has 1 aromatic heterocycles. The lowest BCUT2D eigenvalue weighted by Gasteiger charge is -2.18. The van der Waals surface area contributed by atoms with Gasteiger partial charge < -0.3 is 9.30 Å². The third-order valence-electron chi connectivity index (χ3n) is 4.36. The van der Waals surface area contributed by atoms with Crippen molar-refractivity contribution in [3.05, 3.63) is 90.4 Å². The van der Waals surface area contributed by atoms with Gasteiger partial charge in [-0.3, -0.25) is 0 Å². The van der Waals surface area contributed by atoms with E-state index >= 15 is 0 Å². The monoisotopic (exact) mass is 319 g/mol. The summed E-state index contributed by atoms with van der Waals surface area (Å²) in [4.78, 5) is 4.38. The summed E-state index contributed by atoms with van der Waals surface area (Å²) in [6.45, 7) is 7.07. The van der Waals surface area contributed by atoms with Crippen molar-refractivity contribution in [3.8, 4) is 5.75 Å². The second kappa shape index (κ2) is 7.35. The van der Waals surface area contributed by atoms with Crippen LogP contribution in [0, 0.1) is 13.8 Å². The van der Waals surface area contributed by atoms with E-state index in [0.29, 0.717) is 0 Å². The maximum atomic E-state index is 5.36. The number of nitrogens with zero attached hydrogens (tertiary/aromatic N) is 2. The summed E-state index contributed by atoms with van der Waals surface area (Å²) in [5.74, 6) is 1.07. The molecule has 3 nitrogen and oxygen atoms in total. The highest BCUT2D eigenvalue weighted by atomic mass is 16.5. The van der Waals surface area contributed by atoms with Crippen molar-refractivity contribution in [1.82, 2.24) is 9.55 Å². The van der Waals surface area contributed by atoms with Crippen LogP contribution < -0.4 is 4.74 Å². The van der Waals surface area contributed by atoms with Crippen molar-refractivity contribution in [2.45, 2.75) is 25.8 Å². The Kier molecular flexibility index (Phi) is 4.99. The molecule has 3 heteroatoms. The van der Waals surface area contributed by atoms with Crippen LogP contribution >= 0.6 is 0 Å². The fraction of sp³-hybridized carbons (Fsp3) is 0.238. The van der Waals surface area contributed by atoms with Crippen LogP contribution in [-0.2, 0) is 6.54 Å². The Hall–Kier alpha value is -2.55. The van der Waals surface area contributed by atoms with Crippen LogP contribution in [0.2, 0.25) is 0 Å². The SMILES string of the molecule is [CH2]CC(c1cccc(OC)c1)c1cncn1Cc1ccc(C)cc1. The molecule has 0 fully saturated rings. The molecule has 0 N–H and O–H groups in total. The maximum absolute atomic E-state index is 5.36. The van der Waals surface area contributed by atoms with Crippen LogP contribution in [0.3, 0.4) is 0 Å². The molecule has 3 aromatic rings. The Morgan fingerprint density at radius 3 is 2.67 bits per heavy atom. The van der Waals surface area contributed by atoms with Gasteiger partial charge in [-0.2, -0.15) is 0 Å². The summed E-state index contributed by atoms with van der Waals surface area (Å²) in [6, 6.07) is 16.8. The molecule has 0 spiro atoms. The molecule has 0 aliphatic heterocycles. The van der Waals surface area contributed by atoms with Crippen LogP contribution in [0.15, 0.2) is 61.1 Å². The van der Waals surface area contributed by atoms with E-state index in [1.807, 2.05) is 24.7 Å². The second-order valence-corrected chi connectivity index (χ2v) is 6.05. The molecule has 1 heterocycles. The predicted molar refractivity (Wildman–Crippen MR) is 97.3 cm³/mol. The summed E-state index contributed by atoms with van der Waals surface area (Å²) >= 11 is 0. The summed E-state index contributed by atoms with van der Waals surface area (Å²) < 4.78 is 7.57. The van der Waals surface area contributed by atoms with Gasteiger partial charge in [0.1, 0.15) is 5.75 Å². The summed E-state index contributed by atoms with van der Waals surface area (Å²) in [6.07, 6.45) is 4.62. The molecule has 2 aromatic carbocycles. The molecule has 0 aliphatic carbocycles. The first-order valence-electron chi connectivity index (χ1n) is 8.20. The molecule has 3 rings (SSSR count). The lowest BCUT2D eigenvalue weighted by atomic mass is 9.93. The second-order valence-electron chi connectivity index (χ2n) is 6.05. The van der Waals surface area contributed by atoms with E-state index < -0.39 is 0 Å². The van der Waals surface area contributed by atoms with Crippen LogP contribution in [0.5, 0.6) is 5.75 Å². The Morgan fingerprint density at radius 2 is 1.96 bits per heavy atom. The van der Waals surface area contributed by atoms with Crippen molar-refractivity contribution in [2.75, 3.05) is 7.11 Å². The highest BCUT2D eigenvalue weighted by Gasteiger charge is 2.17. The fourth-order valence-corrected chi connectivity index (χ4v) is 2.99. The quantitative estimate of drug-likeness (QED) is 0.663. The van der Waals surface area contributed by atoms with Gasteiger partial charge in [-0.25, -0.2) is 4.98 Å². The topological polar surface area (TPSA) is 27.1 Å². The Labute approximate surface area is 143 Å². The van der Waals surface area contributed by atoms with E-state index in [0.717, 1.165) is 18.7 Å². The number of imidazole rings is 1. The van der Waals surface area contributed by atoms with Crippen molar-refractivity contribution < 1.29 is 4.74 Å². The standard InChI is InChI=1S/C21H23N2O/c1-4-20(18-6-5-7-19(12-18)24-3)21-13-22-15-23(21)14-17-10-8-16(2)9-11-17/h5-13,15,20H,1,4,14H2,2-3H3. The minimum Gasteiger partial charge on any atom is -0.497 e. The van der Waals surface area contributed by atoms with Crippen molar-refractivity contribution in [2.24, 2.45) is 0 Å². The van der Waals surface area contributed by atoms with Crippen LogP contribution in [-0.4, -0.2) is 16.7 Å². The van der Waals surface area contributed by atoms with E-state index in [-0.39, 0.29) is 5.92 Å². The number of hydrogen-bond donors (Lipinski definition) is 0. The summed E-state index contributed by atoms with van der Waals surface area (Å²) in [5.41, 5.74) is 4.93. The highest BCUT2D eigenvalue weighted by Crippen LogP contribution is 2.30. The largest absolute Gasteiger partial charge is 0.497 e. The zero-order chi connectivity index (χ0) is 16.9. The first-order valence-corrected chi connectivity index (χ1v) is 8.20. The molecule has 24 heavy (non-hydrogen) atoms. The van der Waals surface area contributed by atoms with Gasteiger partial charge in [0.25, 0.3) is 0 Å². The van der Waals surface area contributed by atoms with Gasteiger partial charge in [0.2, 0.25) is 0 Å². The lowest BCUT2D eigenvalue weighted by molar-refractivity contribution is 0.414. The number of rotatable bonds is 6. The van der Waals surface area contributed by atoms with Crippen molar-refractivity contribution in [1.29, 1.82) is 0 Å². The molecule has 0 bridgehead atoms. The molecular formula is C21H23N2O. The molecule has 0 amide bonds. The average molecular weight is 319 g/mol. The molecule has 1 radical (unpaired) electrons. The minimum absolute atomic E-state index is 0.202. The van der Waals surface area contributed by atoms with Crippen molar-refractivity contribution in [3.63, 3.8) is 0 Å². The van der Waals surface area contributed by atoms with Gasteiger partial charge in [0.15, 0.2) is 0 Å². The van der Waals surface area contributed by atoms with E-state index in [9.17, 15) is 0 Å². The van der Waals surface area contributed by atoms with Crippen LogP contribution in [0.25, 0.3) is 0 Å². The normalized spacial score (nSPS) is 12.1. The number of hydrogen-bond acceptors (Lipinski definition) is 2. The first-order chi connectivity index (χ1) is 11.7. The van der Waals surface area contributed by atoms with Gasteiger partial charge in [0.05, 0.1) is 13.4 Å². The van der Waals surface area contributed by atoms with Gasteiger partial charge in [-0.15, -0.1) is 0 Å². The van der Waals surface area contributed by atoms with Gasteiger partial charge >= 0.3 is 0 Å². The van der Waals surface area contributed by atoms with E-state index in [2.05, 4.69) is 59.8 Å². The smallest absolute Gasteiger partial charge is 0.119 e. The molecule has 0 aliphatic rings. The zero-order valence-electron chi connectivity index (χ0n) is 14.3. The van der Waals surface area contributed by atoms with E-state index in [1.165, 1.54) is 22.4 Å². The Bertz CT molecular complexity index is 790. The molecule has 0 saturated carbocycles. The molecule has 1 unspecified atom stereocenters. The molecule has 0 saturated heterocycles. The number of methoxy groups -OCH3 is 1. The van der Waals surface area contributed by atoms with Crippen molar-refractivity contribution >= 4 is 0 Å². The van der Waals surface area contributed by atoms with Gasteiger partial charge in [0, 0.05) is 24.4 Å². The summed E-state index contributed by atoms with van der Waals surface area (Å²) in [7, 11) is 1.69. The highest BCUT2D eigenvalue weighted by molar-refractivity contribution is 5.35. The van der Waals surface area contributed by atoms with E-state index in [4.69, 9.17) is 4.74 Å². The average Bonchev–Trinajstić information content (AvgIpc) is 3.06. The number of benzene rings is 2. The number of aromatic nitrogens is 2. The van der Waals surface area contributed by atoms with Crippen LogP contribution in [0.1, 0.15) is 34.7 Å². The first kappa shape index (κ1) is 16.3.